The Bertz CT molecular complexity index is 731. The van der Waals surface area contributed by atoms with Crippen molar-refractivity contribution in [3.63, 3.8) is 0 Å². The van der Waals surface area contributed by atoms with E-state index in [0.29, 0.717) is 17.0 Å². The van der Waals surface area contributed by atoms with E-state index in [1.165, 1.54) is 12.1 Å². The number of fused-ring (bicyclic) bond motifs is 1. The van der Waals surface area contributed by atoms with Crippen molar-refractivity contribution < 1.29 is 14.3 Å². The second kappa shape index (κ2) is 4.24. The molecular weight excluding hydrogens is 246 g/mol. The van der Waals surface area contributed by atoms with Crippen LogP contribution in [0.2, 0.25) is 0 Å². The Labute approximate surface area is 108 Å². The summed E-state index contributed by atoms with van der Waals surface area (Å²) in [5, 5.41) is 13.1. The first-order chi connectivity index (χ1) is 9.15. The number of aromatic carboxylic acids is 1. The van der Waals surface area contributed by atoms with Gasteiger partial charge < -0.3 is 9.52 Å². The van der Waals surface area contributed by atoms with Gasteiger partial charge in [-0.3, -0.25) is 4.68 Å². The van der Waals surface area contributed by atoms with E-state index < -0.39 is 5.97 Å². The maximum atomic E-state index is 10.9. The Balaban J connectivity index is 2.04. The van der Waals surface area contributed by atoms with E-state index in [0.717, 1.165) is 0 Å². The van der Waals surface area contributed by atoms with Crippen LogP contribution in [0.3, 0.4) is 0 Å². The normalized spacial score (nSPS) is 12.7. The van der Waals surface area contributed by atoms with Crippen LogP contribution in [0.1, 0.15) is 29.2 Å². The smallest absolute Gasteiger partial charge is 0.335 e. The van der Waals surface area contributed by atoms with Crippen LogP contribution in [0, 0.1) is 0 Å². The molecule has 0 radical (unpaired) electrons. The van der Waals surface area contributed by atoms with Gasteiger partial charge in [0, 0.05) is 12.4 Å². The number of carboxylic acids is 1. The molecular formula is C13H11N3O3. The van der Waals surface area contributed by atoms with E-state index in [9.17, 15) is 4.79 Å². The zero-order chi connectivity index (χ0) is 13.4. The van der Waals surface area contributed by atoms with Crippen molar-refractivity contribution in [2.45, 2.75) is 13.0 Å². The minimum Gasteiger partial charge on any atom is -0.478 e. The summed E-state index contributed by atoms with van der Waals surface area (Å²) in [6.07, 6.45) is 3.50. The van der Waals surface area contributed by atoms with E-state index in [1.807, 2.05) is 19.2 Å². The van der Waals surface area contributed by atoms with E-state index in [-0.39, 0.29) is 11.6 Å². The molecule has 2 heterocycles. The maximum Gasteiger partial charge on any atom is 0.335 e. The Kier molecular flexibility index (Phi) is 2.56. The number of aromatic nitrogens is 3. The summed E-state index contributed by atoms with van der Waals surface area (Å²) in [4.78, 5) is 15.2. The summed E-state index contributed by atoms with van der Waals surface area (Å²) in [5.74, 6) is -0.479. The minimum atomic E-state index is -0.980. The summed E-state index contributed by atoms with van der Waals surface area (Å²) >= 11 is 0. The van der Waals surface area contributed by atoms with Crippen molar-refractivity contribution in [2.24, 2.45) is 0 Å². The van der Waals surface area contributed by atoms with Crippen molar-refractivity contribution >= 4 is 17.1 Å². The zero-order valence-corrected chi connectivity index (χ0v) is 10.1. The molecule has 3 rings (SSSR count). The third kappa shape index (κ3) is 1.97. The van der Waals surface area contributed by atoms with Gasteiger partial charge in [0.25, 0.3) is 0 Å². The van der Waals surface area contributed by atoms with Gasteiger partial charge >= 0.3 is 5.97 Å². The highest BCUT2D eigenvalue weighted by atomic mass is 16.4. The van der Waals surface area contributed by atoms with Crippen molar-refractivity contribution in [1.82, 2.24) is 14.8 Å². The van der Waals surface area contributed by atoms with Crippen LogP contribution >= 0.6 is 0 Å². The summed E-state index contributed by atoms with van der Waals surface area (Å²) in [6.45, 7) is 1.91. The van der Waals surface area contributed by atoms with E-state index in [2.05, 4.69) is 10.1 Å². The molecule has 0 saturated heterocycles. The van der Waals surface area contributed by atoms with Crippen LogP contribution in [0.5, 0.6) is 0 Å². The van der Waals surface area contributed by atoms with Gasteiger partial charge in [-0.2, -0.15) is 5.10 Å². The third-order valence-corrected chi connectivity index (χ3v) is 2.93. The van der Waals surface area contributed by atoms with Gasteiger partial charge in [-0.25, -0.2) is 9.78 Å². The Hall–Kier alpha value is -2.63. The summed E-state index contributed by atoms with van der Waals surface area (Å²) in [5.41, 5.74) is 1.30. The molecule has 1 atom stereocenters. The van der Waals surface area contributed by atoms with Crippen LogP contribution in [0.4, 0.5) is 0 Å². The fraction of sp³-hybridized carbons (Fsp3) is 0.154. The third-order valence-electron chi connectivity index (χ3n) is 2.93. The highest BCUT2D eigenvalue weighted by Crippen LogP contribution is 2.23. The number of carbonyl (C=O) groups is 1. The molecule has 0 aliphatic heterocycles. The number of nitrogens with zero attached hydrogens (tertiary/aromatic N) is 3. The Morgan fingerprint density at radius 3 is 3.00 bits per heavy atom. The first-order valence-corrected chi connectivity index (χ1v) is 5.78. The fourth-order valence-electron chi connectivity index (χ4n) is 1.88. The molecule has 6 nitrogen and oxygen atoms in total. The quantitative estimate of drug-likeness (QED) is 0.778. The van der Waals surface area contributed by atoms with E-state index in [4.69, 9.17) is 9.52 Å². The monoisotopic (exact) mass is 257 g/mol. The average Bonchev–Trinajstić information content (AvgIpc) is 3.06. The molecule has 6 heteroatoms. The van der Waals surface area contributed by atoms with Gasteiger partial charge in [0.05, 0.1) is 5.56 Å². The van der Waals surface area contributed by atoms with Gasteiger partial charge in [-0.05, 0) is 31.2 Å². The van der Waals surface area contributed by atoms with Crippen LogP contribution in [-0.4, -0.2) is 25.8 Å². The molecule has 0 saturated carbocycles. The molecule has 0 aliphatic carbocycles. The lowest BCUT2D eigenvalue weighted by Crippen LogP contribution is -2.07. The molecule has 1 N–H and O–H groups in total. The fourth-order valence-corrected chi connectivity index (χ4v) is 1.88. The first-order valence-electron chi connectivity index (χ1n) is 5.78. The van der Waals surface area contributed by atoms with Gasteiger partial charge in [-0.15, -0.1) is 0 Å². The van der Waals surface area contributed by atoms with Crippen LogP contribution < -0.4 is 0 Å². The number of hydrogen-bond acceptors (Lipinski definition) is 4. The molecule has 0 aliphatic rings. The predicted octanol–water partition coefficient (Wildman–Crippen LogP) is 2.33. The molecule has 1 aromatic carbocycles. The molecule has 3 aromatic rings. The van der Waals surface area contributed by atoms with Crippen molar-refractivity contribution in [3.05, 3.63) is 48.1 Å². The molecule has 96 valence electrons. The van der Waals surface area contributed by atoms with Crippen LogP contribution in [0.25, 0.3) is 11.1 Å². The summed E-state index contributed by atoms with van der Waals surface area (Å²) in [6, 6.07) is 6.29. The number of carboxylic acid groups (broad SMARTS) is 1. The lowest BCUT2D eigenvalue weighted by Gasteiger charge is -2.06. The van der Waals surface area contributed by atoms with E-state index in [1.54, 1.807) is 16.9 Å². The largest absolute Gasteiger partial charge is 0.478 e. The molecule has 0 spiro atoms. The predicted molar refractivity (Wildman–Crippen MR) is 67.0 cm³/mol. The Morgan fingerprint density at radius 1 is 1.47 bits per heavy atom. The summed E-state index contributed by atoms with van der Waals surface area (Å²) < 4.78 is 7.35. The van der Waals surface area contributed by atoms with Crippen molar-refractivity contribution in [1.29, 1.82) is 0 Å². The Morgan fingerprint density at radius 2 is 2.32 bits per heavy atom. The number of oxazole rings is 1. The highest BCUT2D eigenvalue weighted by Gasteiger charge is 2.16. The van der Waals surface area contributed by atoms with Crippen molar-refractivity contribution in [2.75, 3.05) is 0 Å². The second-order valence-electron chi connectivity index (χ2n) is 4.20. The van der Waals surface area contributed by atoms with Crippen LogP contribution in [0.15, 0.2) is 41.1 Å². The maximum absolute atomic E-state index is 10.9. The molecule has 19 heavy (non-hydrogen) atoms. The van der Waals surface area contributed by atoms with Crippen LogP contribution in [-0.2, 0) is 0 Å². The van der Waals surface area contributed by atoms with Gasteiger partial charge in [-0.1, -0.05) is 0 Å². The van der Waals surface area contributed by atoms with Crippen molar-refractivity contribution in [3.8, 4) is 0 Å². The lowest BCUT2D eigenvalue weighted by molar-refractivity contribution is 0.0697. The van der Waals surface area contributed by atoms with Gasteiger partial charge in [0.2, 0.25) is 5.89 Å². The highest BCUT2D eigenvalue weighted by molar-refractivity contribution is 5.91. The number of benzene rings is 1. The molecule has 0 bridgehead atoms. The van der Waals surface area contributed by atoms with Gasteiger partial charge in [0.15, 0.2) is 5.58 Å². The summed E-state index contributed by atoms with van der Waals surface area (Å²) in [7, 11) is 0. The lowest BCUT2D eigenvalue weighted by atomic mass is 10.2. The molecule has 2 aromatic heterocycles. The second-order valence-corrected chi connectivity index (χ2v) is 4.20. The molecule has 0 amide bonds. The average molecular weight is 257 g/mol. The zero-order valence-electron chi connectivity index (χ0n) is 10.1. The standard InChI is InChI=1S/C13H11N3O3/c1-8(16-6-2-5-14-16)12-15-10-7-9(13(17)18)3-4-11(10)19-12/h2-8H,1H3,(H,17,18). The SMILES string of the molecule is CC(c1nc2cc(C(=O)O)ccc2o1)n1cccn1. The topological polar surface area (TPSA) is 81.1 Å². The molecule has 0 fully saturated rings. The minimum absolute atomic E-state index is 0.143. The van der Waals surface area contributed by atoms with E-state index >= 15 is 0 Å². The first kappa shape index (κ1) is 11.5. The number of hydrogen-bond donors (Lipinski definition) is 1. The molecule has 1 unspecified atom stereocenters. The van der Waals surface area contributed by atoms with Gasteiger partial charge in [0.1, 0.15) is 11.6 Å². The number of rotatable bonds is 3.